The lowest BCUT2D eigenvalue weighted by atomic mass is 9.97. The molecule has 0 aromatic heterocycles. The first kappa shape index (κ1) is 17.1. The third-order valence-corrected chi connectivity index (χ3v) is 2.50. The monoisotopic (exact) mass is 254 g/mol. The number of allylic oxidation sites excluding steroid dienone is 2. The first-order valence-corrected chi connectivity index (χ1v) is 6.17. The number of hydrogen-bond acceptors (Lipinski definition) is 3. The Hall–Kier alpha value is -0.900. The van der Waals surface area contributed by atoms with Gasteiger partial charge in [0.2, 0.25) is 0 Å². The van der Waals surface area contributed by atoms with E-state index in [1.807, 2.05) is 13.0 Å². The molecule has 0 radical (unpaired) electrons. The molecule has 3 heteroatoms. The largest absolute Gasteiger partial charge is 0.389 e. The molecule has 0 saturated heterocycles. The van der Waals surface area contributed by atoms with Crippen LogP contribution in [-0.2, 0) is 0 Å². The van der Waals surface area contributed by atoms with E-state index in [-0.39, 0.29) is 6.42 Å². The van der Waals surface area contributed by atoms with Crippen LogP contribution in [0.25, 0.3) is 0 Å². The van der Waals surface area contributed by atoms with E-state index in [1.165, 1.54) is 6.08 Å². The number of aliphatic hydroxyl groups excluding tert-OH is 1. The first-order chi connectivity index (χ1) is 8.06. The van der Waals surface area contributed by atoms with Crippen molar-refractivity contribution in [2.45, 2.75) is 57.8 Å². The van der Waals surface area contributed by atoms with Crippen molar-refractivity contribution in [2.75, 3.05) is 0 Å². The van der Waals surface area contributed by atoms with Gasteiger partial charge in [0.1, 0.15) is 0 Å². The molecule has 18 heavy (non-hydrogen) atoms. The van der Waals surface area contributed by atoms with E-state index in [2.05, 4.69) is 6.58 Å². The van der Waals surface area contributed by atoms with Gasteiger partial charge in [0.15, 0.2) is 0 Å². The van der Waals surface area contributed by atoms with Crippen molar-refractivity contribution in [1.29, 1.82) is 0 Å². The maximum atomic E-state index is 9.79. The Labute approximate surface area is 110 Å². The van der Waals surface area contributed by atoms with Crippen LogP contribution < -0.4 is 0 Å². The first-order valence-electron chi connectivity index (χ1n) is 6.17. The SMILES string of the molecule is C=C[C@](C)(O)C[C@H](O)/C=C(\C)C/C=C/C(C)(C)O. The van der Waals surface area contributed by atoms with Gasteiger partial charge in [-0.15, -0.1) is 6.58 Å². The van der Waals surface area contributed by atoms with Crippen LogP contribution in [0.1, 0.15) is 40.5 Å². The summed E-state index contributed by atoms with van der Waals surface area (Å²) in [5.74, 6) is 0. The molecule has 0 bridgehead atoms. The standard InChI is InChI=1S/C15H26O3/c1-6-15(5,18)11-13(16)10-12(2)8-7-9-14(3,4)17/h6-7,9-10,13,16-18H,1,8,11H2,2-5H3/b9-7+,12-10+/t13-,15+/m1/s1. The number of hydrogen-bond donors (Lipinski definition) is 3. The fraction of sp³-hybridized carbons (Fsp3) is 0.600. The molecule has 0 aliphatic rings. The van der Waals surface area contributed by atoms with Gasteiger partial charge in [0.25, 0.3) is 0 Å². The molecule has 0 aliphatic heterocycles. The quantitative estimate of drug-likeness (QED) is 0.611. The summed E-state index contributed by atoms with van der Waals surface area (Å²) in [6.45, 7) is 10.4. The minimum Gasteiger partial charge on any atom is -0.389 e. The predicted molar refractivity (Wildman–Crippen MR) is 75.3 cm³/mol. The Bertz CT molecular complexity index is 319. The van der Waals surface area contributed by atoms with Crippen molar-refractivity contribution in [3.8, 4) is 0 Å². The molecule has 0 saturated carbocycles. The summed E-state index contributed by atoms with van der Waals surface area (Å²) < 4.78 is 0. The third kappa shape index (κ3) is 9.16. The third-order valence-electron chi connectivity index (χ3n) is 2.50. The molecule has 0 rings (SSSR count). The Balaban J connectivity index is 4.34. The highest BCUT2D eigenvalue weighted by atomic mass is 16.3. The second-order valence-electron chi connectivity index (χ2n) is 5.61. The highest BCUT2D eigenvalue weighted by molar-refractivity contribution is 5.10. The van der Waals surface area contributed by atoms with Crippen molar-refractivity contribution >= 4 is 0 Å². The lowest BCUT2D eigenvalue weighted by molar-refractivity contribution is 0.0574. The molecule has 104 valence electrons. The summed E-state index contributed by atoms with van der Waals surface area (Å²) in [7, 11) is 0. The summed E-state index contributed by atoms with van der Waals surface area (Å²) >= 11 is 0. The van der Waals surface area contributed by atoms with Crippen LogP contribution in [-0.4, -0.2) is 32.6 Å². The summed E-state index contributed by atoms with van der Waals surface area (Å²) in [6.07, 6.45) is 6.91. The van der Waals surface area contributed by atoms with Crippen LogP contribution in [0.15, 0.2) is 36.5 Å². The Morgan fingerprint density at radius 2 is 1.83 bits per heavy atom. The molecule has 0 heterocycles. The zero-order chi connectivity index (χ0) is 14.4. The van der Waals surface area contributed by atoms with Crippen LogP contribution in [0.3, 0.4) is 0 Å². The van der Waals surface area contributed by atoms with Crippen LogP contribution >= 0.6 is 0 Å². The van der Waals surface area contributed by atoms with Crippen LogP contribution in [0.4, 0.5) is 0 Å². The van der Waals surface area contributed by atoms with Crippen LogP contribution in [0.5, 0.6) is 0 Å². The number of aliphatic hydroxyl groups is 3. The average molecular weight is 254 g/mol. The van der Waals surface area contributed by atoms with E-state index < -0.39 is 17.3 Å². The Kier molecular flexibility index (Phi) is 6.54. The molecule has 0 amide bonds. The molecule has 2 atom stereocenters. The van der Waals surface area contributed by atoms with Crippen molar-refractivity contribution in [1.82, 2.24) is 0 Å². The zero-order valence-electron chi connectivity index (χ0n) is 11.8. The fourth-order valence-electron chi connectivity index (χ4n) is 1.50. The van der Waals surface area contributed by atoms with Gasteiger partial charge in [0, 0.05) is 6.42 Å². The maximum Gasteiger partial charge on any atom is 0.0824 e. The molecule has 0 spiro atoms. The van der Waals surface area contributed by atoms with E-state index in [4.69, 9.17) is 0 Å². The van der Waals surface area contributed by atoms with E-state index in [0.29, 0.717) is 6.42 Å². The average Bonchev–Trinajstić information content (AvgIpc) is 2.14. The Morgan fingerprint density at radius 1 is 1.28 bits per heavy atom. The zero-order valence-corrected chi connectivity index (χ0v) is 11.8. The van der Waals surface area contributed by atoms with E-state index in [1.54, 1.807) is 32.9 Å². The highest BCUT2D eigenvalue weighted by Gasteiger charge is 2.19. The highest BCUT2D eigenvalue weighted by Crippen LogP contribution is 2.16. The Morgan fingerprint density at radius 3 is 2.28 bits per heavy atom. The normalized spacial score (nSPS) is 18.7. The molecule has 3 N–H and O–H groups in total. The summed E-state index contributed by atoms with van der Waals surface area (Å²) in [4.78, 5) is 0. The molecule has 0 aromatic rings. The fourth-order valence-corrected chi connectivity index (χ4v) is 1.50. The van der Waals surface area contributed by atoms with Crippen LogP contribution in [0.2, 0.25) is 0 Å². The van der Waals surface area contributed by atoms with Crippen molar-refractivity contribution in [3.63, 3.8) is 0 Å². The van der Waals surface area contributed by atoms with Gasteiger partial charge in [-0.2, -0.15) is 0 Å². The second-order valence-corrected chi connectivity index (χ2v) is 5.61. The minimum atomic E-state index is -1.06. The molecule has 3 nitrogen and oxygen atoms in total. The van der Waals surface area contributed by atoms with Crippen molar-refractivity contribution in [3.05, 3.63) is 36.5 Å². The second kappa shape index (κ2) is 6.88. The van der Waals surface area contributed by atoms with E-state index in [0.717, 1.165) is 5.57 Å². The van der Waals surface area contributed by atoms with Gasteiger partial charge < -0.3 is 15.3 Å². The number of rotatable bonds is 7. The summed E-state index contributed by atoms with van der Waals surface area (Å²) in [5.41, 5.74) is -0.882. The molecular formula is C15H26O3. The lowest BCUT2D eigenvalue weighted by Gasteiger charge is -2.20. The van der Waals surface area contributed by atoms with E-state index >= 15 is 0 Å². The van der Waals surface area contributed by atoms with Crippen molar-refractivity contribution < 1.29 is 15.3 Å². The van der Waals surface area contributed by atoms with Gasteiger partial charge in [-0.05, 0) is 34.1 Å². The molecular weight excluding hydrogens is 228 g/mol. The smallest absolute Gasteiger partial charge is 0.0824 e. The lowest BCUT2D eigenvalue weighted by Crippen LogP contribution is -2.26. The van der Waals surface area contributed by atoms with Gasteiger partial charge in [-0.3, -0.25) is 0 Å². The summed E-state index contributed by atoms with van der Waals surface area (Å²) in [6, 6.07) is 0. The van der Waals surface area contributed by atoms with Crippen molar-refractivity contribution in [2.24, 2.45) is 0 Å². The predicted octanol–water partition coefficient (Wildman–Crippen LogP) is 2.34. The topological polar surface area (TPSA) is 60.7 Å². The van der Waals surface area contributed by atoms with Gasteiger partial charge in [-0.1, -0.05) is 29.9 Å². The molecule has 0 aromatic carbocycles. The molecule has 0 aliphatic carbocycles. The van der Waals surface area contributed by atoms with Gasteiger partial charge in [-0.25, -0.2) is 0 Å². The molecule has 0 fully saturated rings. The van der Waals surface area contributed by atoms with Gasteiger partial charge in [0.05, 0.1) is 17.3 Å². The van der Waals surface area contributed by atoms with E-state index in [9.17, 15) is 15.3 Å². The minimum absolute atomic E-state index is 0.225. The van der Waals surface area contributed by atoms with Crippen LogP contribution in [0, 0.1) is 0 Å². The van der Waals surface area contributed by atoms with Gasteiger partial charge >= 0.3 is 0 Å². The maximum absolute atomic E-state index is 9.79. The summed E-state index contributed by atoms with van der Waals surface area (Å²) in [5, 5.41) is 29.0. The molecule has 0 unspecified atom stereocenters.